The summed E-state index contributed by atoms with van der Waals surface area (Å²) in [6.07, 6.45) is -0.154. The molecule has 5 nitrogen and oxygen atoms in total. The number of benzene rings is 2. The van der Waals surface area contributed by atoms with E-state index in [1.807, 2.05) is 54.6 Å². The molecular weight excluding hydrogens is 316 g/mol. The number of nitrogens with zero attached hydrogens (tertiary/aromatic N) is 1. The van der Waals surface area contributed by atoms with E-state index in [0.29, 0.717) is 18.7 Å². The van der Waals surface area contributed by atoms with E-state index in [1.54, 1.807) is 13.2 Å². The number of pyridine rings is 1. The second-order valence-electron chi connectivity index (χ2n) is 5.73. The van der Waals surface area contributed by atoms with Crippen LogP contribution in [0.3, 0.4) is 0 Å². The molecule has 2 N–H and O–H groups in total. The number of hydrogen-bond acceptors (Lipinski definition) is 4. The van der Waals surface area contributed by atoms with Crippen molar-refractivity contribution in [1.82, 2.24) is 10.3 Å². The highest BCUT2D eigenvalue weighted by molar-refractivity contribution is 5.95. The van der Waals surface area contributed by atoms with Gasteiger partial charge in [-0.05, 0) is 36.2 Å². The van der Waals surface area contributed by atoms with Gasteiger partial charge in [-0.2, -0.15) is 0 Å². The van der Waals surface area contributed by atoms with Gasteiger partial charge in [0.2, 0.25) is 0 Å². The second kappa shape index (κ2) is 7.77. The van der Waals surface area contributed by atoms with E-state index in [0.717, 1.165) is 22.2 Å². The fraction of sp³-hybridized carbons (Fsp3) is 0.200. The Kier molecular flexibility index (Phi) is 5.26. The molecule has 1 atom stereocenters. The van der Waals surface area contributed by atoms with E-state index in [1.165, 1.54) is 0 Å². The minimum atomic E-state index is -0.599. The van der Waals surface area contributed by atoms with Crippen molar-refractivity contribution in [2.45, 2.75) is 12.5 Å². The molecule has 2 aromatic carbocycles. The maximum Gasteiger partial charge on any atom is 0.269 e. The first-order valence-corrected chi connectivity index (χ1v) is 8.13. The van der Waals surface area contributed by atoms with Crippen molar-refractivity contribution < 1.29 is 14.6 Å². The van der Waals surface area contributed by atoms with Gasteiger partial charge in [0.25, 0.3) is 5.91 Å². The van der Waals surface area contributed by atoms with Gasteiger partial charge in [-0.25, -0.2) is 4.98 Å². The summed E-state index contributed by atoms with van der Waals surface area (Å²) < 4.78 is 5.18. The molecule has 0 aliphatic rings. The summed E-state index contributed by atoms with van der Waals surface area (Å²) in [5.74, 6) is 0.499. The van der Waals surface area contributed by atoms with Crippen molar-refractivity contribution in [3.63, 3.8) is 0 Å². The number of carbonyl (C=O) groups excluding carboxylic acids is 1. The summed E-state index contributed by atoms with van der Waals surface area (Å²) in [5, 5.41) is 13.8. The van der Waals surface area contributed by atoms with Crippen molar-refractivity contribution in [2.24, 2.45) is 0 Å². The van der Waals surface area contributed by atoms with Gasteiger partial charge in [0.15, 0.2) is 0 Å². The lowest BCUT2D eigenvalue weighted by Crippen LogP contribution is -2.26. The average Bonchev–Trinajstić information content (AvgIpc) is 2.67. The summed E-state index contributed by atoms with van der Waals surface area (Å²) in [6, 6.07) is 18.4. The number of carbonyl (C=O) groups is 1. The van der Waals surface area contributed by atoms with E-state index in [2.05, 4.69) is 10.3 Å². The van der Waals surface area contributed by atoms with E-state index in [4.69, 9.17) is 4.74 Å². The summed E-state index contributed by atoms with van der Waals surface area (Å²) in [6.45, 7) is 0.372. The predicted molar refractivity (Wildman–Crippen MR) is 96.6 cm³/mol. The van der Waals surface area contributed by atoms with Crippen LogP contribution in [0.25, 0.3) is 10.9 Å². The van der Waals surface area contributed by atoms with Gasteiger partial charge in [-0.15, -0.1) is 0 Å². The van der Waals surface area contributed by atoms with Crippen LogP contribution >= 0.6 is 0 Å². The Balaban J connectivity index is 1.60. The second-order valence-corrected chi connectivity index (χ2v) is 5.73. The largest absolute Gasteiger partial charge is 0.497 e. The first-order valence-electron chi connectivity index (χ1n) is 8.13. The van der Waals surface area contributed by atoms with Gasteiger partial charge in [0, 0.05) is 11.9 Å². The molecule has 1 heterocycles. The topological polar surface area (TPSA) is 71.5 Å². The van der Waals surface area contributed by atoms with Crippen molar-refractivity contribution in [3.8, 4) is 5.75 Å². The number of aliphatic hydroxyl groups excluding tert-OH is 1. The number of ether oxygens (including phenoxy) is 1. The van der Waals surface area contributed by atoms with Gasteiger partial charge in [-0.3, -0.25) is 4.79 Å². The molecule has 25 heavy (non-hydrogen) atoms. The molecule has 1 aromatic heterocycles. The minimum absolute atomic E-state index is 0.252. The van der Waals surface area contributed by atoms with Gasteiger partial charge < -0.3 is 15.2 Å². The van der Waals surface area contributed by atoms with Gasteiger partial charge in [0.1, 0.15) is 11.4 Å². The van der Waals surface area contributed by atoms with Crippen LogP contribution in [0.15, 0.2) is 60.7 Å². The zero-order valence-corrected chi connectivity index (χ0v) is 14.0. The summed E-state index contributed by atoms with van der Waals surface area (Å²) in [4.78, 5) is 16.6. The van der Waals surface area contributed by atoms with Crippen LogP contribution in [0.5, 0.6) is 5.75 Å². The van der Waals surface area contributed by atoms with Gasteiger partial charge >= 0.3 is 0 Å². The fourth-order valence-electron chi connectivity index (χ4n) is 2.61. The first-order chi connectivity index (χ1) is 12.2. The molecule has 0 bridgehead atoms. The number of rotatable bonds is 6. The lowest BCUT2D eigenvalue weighted by atomic mass is 10.1. The number of aromatic nitrogens is 1. The lowest BCUT2D eigenvalue weighted by molar-refractivity contribution is 0.0938. The molecule has 3 rings (SSSR count). The van der Waals surface area contributed by atoms with Crippen LogP contribution in [0.4, 0.5) is 0 Å². The van der Waals surface area contributed by atoms with Crippen LogP contribution in [-0.4, -0.2) is 29.7 Å². The van der Waals surface area contributed by atoms with E-state index < -0.39 is 6.10 Å². The average molecular weight is 336 g/mol. The Morgan fingerprint density at radius 3 is 2.72 bits per heavy atom. The molecule has 0 spiro atoms. The number of aliphatic hydroxyl groups is 1. The number of methoxy groups -OCH3 is 1. The molecule has 0 aliphatic heterocycles. The van der Waals surface area contributed by atoms with E-state index in [9.17, 15) is 9.90 Å². The molecule has 1 unspecified atom stereocenters. The molecule has 0 radical (unpaired) electrons. The molecular formula is C20H20N2O3. The number of amides is 1. The molecule has 0 saturated carbocycles. The number of hydrogen-bond donors (Lipinski definition) is 2. The van der Waals surface area contributed by atoms with Crippen LogP contribution in [0.2, 0.25) is 0 Å². The third-order valence-corrected chi connectivity index (χ3v) is 4.02. The molecule has 0 aliphatic carbocycles. The van der Waals surface area contributed by atoms with E-state index in [-0.39, 0.29) is 5.91 Å². The SMILES string of the molecule is COc1ccc2nc(C(=O)NCCC(O)c3ccccc3)ccc2c1. The summed E-state index contributed by atoms with van der Waals surface area (Å²) >= 11 is 0. The van der Waals surface area contributed by atoms with Crippen LogP contribution in [-0.2, 0) is 0 Å². The van der Waals surface area contributed by atoms with Gasteiger partial charge in [0.05, 0.1) is 18.7 Å². The zero-order chi connectivity index (χ0) is 17.6. The standard InChI is InChI=1S/C20H20N2O3/c1-25-16-8-10-17-15(13-16)7-9-18(22-17)20(24)21-12-11-19(23)14-5-3-2-4-6-14/h2-10,13,19,23H,11-12H2,1H3,(H,21,24). The van der Waals surface area contributed by atoms with Crippen LogP contribution < -0.4 is 10.1 Å². The Bertz CT molecular complexity index is 865. The normalized spacial score (nSPS) is 11.9. The van der Waals surface area contributed by atoms with Crippen LogP contribution in [0.1, 0.15) is 28.6 Å². The molecule has 0 saturated heterocycles. The molecule has 1 amide bonds. The summed E-state index contributed by atoms with van der Waals surface area (Å²) in [7, 11) is 1.61. The minimum Gasteiger partial charge on any atom is -0.497 e. The van der Waals surface area contributed by atoms with Crippen molar-refractivity contribution in [1.29, 1.82) is 0 Å². The fourth-order valence-corrected chi connectivity index (χ4v) is 2.61. The predicted octanol–water partition coefficient (Wildman–Crippen LogP) is 3.10. The molecule has 3 aromatic rings. The Hall–Kier alpha value is -2.92. The zero-order valence-electron chi connectivity index (χ0n) is 14.0. The summed E-state index contributed by atoms with van der Waals surface area (Å²) in [5.41, 5.74) is 1.93. The molecule has 0 fully saturated rings. The quantitative estimate of drug-likeness (QED) is 0.725. The Morgan fingerprint density at radius 2 is 1.96 bits per heavy atom. The van der Waals surface area contributed by atoms with Crippen molar-refractivity contribution >= 4 is 16.8 Å². The maximum absolute atomic E-state index is 12.2. The maximum atomic E-state index is 12.2. The third-order valence-electron chi connectivity index (χ3n) is 4.02. The highest BCUT2D eigenvalue weighted by Gasteiger charge is 2.11. The number of fused-ring (bicyclic) bond motifs is 1. The number of nitrogens with one attached hydrogen (secondary N) is 1. The Morgan fingerprint density at radius 1 is 1.16 bits per heavy atom. The molecule has 128 valence electrons. The lowest BCUT2D eigenvalue weighted by Gasteiger charge is -2.11. The third kappa shape index (κ3) is 4.14. The van der Waals surface area contributed by atoms with Gasteiger partial charge in [-0.1, -0.05) is 36.4 Å². The van der Waals surface area contributed by atoms with E-state index >= 15 is 0 Å². The van der Waals surface area contributed by atoms with Crippen molar-refractivity contribution in [3.05, 3.63) is 71.9 Å². The van der Waals surface area contributed by atoms with Crippen LogP contribution in [0, 0.1) is 0 Å². The van der Waals surface area contributed by atoms with Crippen molar-refractivity contribution in [2.75, 3.05) is 13.7 Å². The highest BCUT2D eigenvalue weighted by Crippen LogP contribution is 2.19. The molecule has 5 heteroatoms. The Labute approximate surface area is 146 Å². The first kappa shape index (κ1) is 16.9. The highest BCUT2D eigenvalue weighted by atomic mass is 16.5. The smallest absolute Gasteiger partial charge is 0.269 e. The monoisotopic (exact) mass is 336 g/mol.